The smallest absolute Gasteiger partial charge is 0.148 e. The lowest BCUT2D eigenvalue weighted by atomic mass is 9.93. The van der Waals surface area contributed by atoms with Gasteiger partial charge in [0.15, 0.2) is 0 Å². The molecule has 1 saturated carbocycles. The van der Waals surface area contributed by atoms with E-state index in [-0.39, 0.29) is 17.5 Å². The van der Waals surface area contributed by atoms with Crippen molar-refractivity contribution in [1.82, 2.24) is 0 Å². The molecule has 1 aliphatic heterocycles. The van der Waals surface area contributed by atoms with Crippen LogP contribution in [0.4, 0.5) is 0 Å². The normalized spacial score (nSPS) is 30.3. The number of carbonyl (C=O) groups is 2. The van der Waals surface area contributed by atoms with Crippen molar-refractivity contribution in [3.05, 3.63) is 0 Å². The molecule has 0 bridgehead atoms. The molecule has 0 amide bonds. The van der Waals surface area contributed by atoms with Gasteiger partial charge in [-0.15, -0.1) is 0 Å². The number of hydrogen-bond acceptors (Lipinski definition) is 3. The summed E-state index contributed by atoms with van der Waals surface area (Å²) in [6.07, 6.45) is 2.37. The van der Waals surface area contributed by atoms with Crippen molar-refractivity contribution >= 4 is 11.6 Å². The maximum absolute atomic E-state index is 11.5. The van der Waals surface area contributed by atoms with Crippen molar-refractivity contribution in [3.63, 3.8) is 0 Å². The van der Waals surface area contributed by atoms with Crippen LogP contribution in [-0.2, 0) is 14.3 Å². The fourth-order valence-electron chi connectivity index (χ4n) is 1.53. The highest BCUT2D eigenvalue weighted by molar-refractivity contribution is 6.04. The van der Waals surface area contributed by atoms with E-state index >= 15 is 0 Å². The van der Waals surface area contributed by atoms with Gasteiger partial charge in [0.2, 0.25) is 0 Å². The summed E-state index contributed by atoms with van der Waals surface area (Å²) in [5.41, 5.74) is 0. The molecule has 0 N–H and O–H groups in total. The van der Waals surface area contributed by atoms with Crippen molar-refractivity contribution in [2.75, 3.05) is 13.2 Å². The number of hydrogen-bond donors (Lipinski definition) is 0. The van der Waals surface area contributed by atoms with Gasteiger partial charge in [0.25, 0.3) is 0 Å². The fraction of sp³-hybridized carbons (Fsp3) is 0.778. The summed E-state index contributed by atoms with van der Waals surface area (Å²) in [7, 11) is 0. The Morgan fingerprint density at radius 3 is 2.75 bits per heavy atom. The zero-order chi connectivity index (χ0) is 8.55. The lowest BCUT2D eigenvalue weighted by Crippen LogP contribution is -2.34. The number of ether oxygens (including phenoxy) is 1. The summed E-state index contributed by atoms with van der Waals surface area (Å²) >= 11 is 0. The van der Waals surface area contributed by atoms with Crippen molar-refractivity contribution < 1.29 is 14.3 Å². The molecule has 0 aromatic heterocycles. The van der Waals surface area contributed by atoms with Crippen LogP contribution in [0.2, 0.25) is 0 Å². The first-order valence-electron chi connectivity index (χ1n) is 4.43. The van der Waals surface area contributed by atoms with Gasteiger partial charge in [-0.25, -0.2) is 0 Å². The Labute approximate surface area is 71.1 Å². The highest BCUT2D eigenvalue weighted by Gasteiger charge is 2.39. The number of carbonyl (C=O) groups excluding carboxylic acids is 2. The molecule has 1 heterocycles. The van der Waals surface area contributed by atoms with Crippen LogP contribution in [0.25, 0.3) is 0 Å². The molecule has 1 atom stereocenters. The lowest BCUT2D eigenvalue weighted by molar-refractivity contribution is -0.140. The molecule has 1 saturated heterocycles. The Kier molecular flexibility index (Phi) is 1.97. The minimum absolute atomic E-state index is 0.0816. The van der Waals surface area contributed by atoms with Crippen LogP contribution < -0.4 is 0 Å². The molecule has 0 aromatic rings. The predicted octanol–water partition coefficient (Wildman–Crippen LogP) is 0.571. The van der Waals surface area contributed by atoms with Crippen LogP contribution in [-0.4, -0.2) is 24.8 Å². The average Bonchev–Trinajstić information content (AvgIpc) is 2.86. The third kappa shape index (κ3) is 1.41. The molecule has 0 spiro atoms. The first kappa shape index (κ1) is 7.92. The van der Waals surface area contributed by atoms with Gasteiger partial charge in [-0.05, 0) is 12.8 Å². The molecule has 66 valence electrons. The average molecular weight is 168 g/mol. The number of Topliss-reactive ketones (excluding diaryl/α,β-unsaturated/α-hetero) is 2. The highest BCUT2D eigenvalue weighted by atomic mass is 16.5. The summed E-state index contributed by atoms with van der Waals surface area (Å²) in [6.45, 7) is 0.821. The molecule has 1 aliphatic carbocycles. The van der Waals surface area contributed by atoms with Crippen LogP contribution in [0, 0.1) is 11.8 Å². The zero-order valence-corrected chi connectivity index (χ0v) is 6.91. The minimum atomic E-state index is -0.425. The van der Waals surface area contributed by atoms with Crippen molar-refractivity contribution in [2.24, 2.45) is 11.8 Å². The summed E-state index contributed by atoms with van der Waals surface area (Å²) < 4.78 is 5.11. The minimum Gasteiger partial charge on any atom is -0.380 e. The summed E-state index contributed by atoms with van der Waals surface area (Å²) in [4.78, 5) is 22.7. The molecule has 0 aromatic carbocycles. The maximum Gasteiger partial charge on any atom is 0.148 e. The second kappa shape index (κ2) is 2.98. The van der Waals surface area contributed by atoms with Gasteiger partial charge in [0, 0.05) is 12.3 Å². The Hall–Kier alpha value is -0.700. The quantitative estimate of drug-likeness (QED) is 0.566. The summed E-state index contributed by atoms with van der Waals surface area (Å²) in [5, 5.41) is 0. The molecule has 3 nitrogen and oxygen atoms in total. The SMILES string of the molecule is O=C1CCOCC1C(=O)C1CC1. The number of ketones is 2. The van der Waals surface area contributed by atoms with Gasteiger partial charge in [0.05, 0.1) is 19.1 Å². The molecule has 2 fully saturated rings. The van der Waals surface area contributed by atoms with E-state index in [0.717, 1.165) is 12.8 Å². The zero-order valence-electron chi connectivity index (χ0n) is 6.91. The van der Waals surface area contributed by atoms with Gasteiger partial charge in [-0.3, -0.25) is 9.59 Å². The molecule has 2 aliphatic rings. The van der Waals surface area contributed by atoms with E-state index in [1.165, 1.54) is 0 Å². The predicted molar refractivity (Wildman–Crippen MR) is 41.7 cm³/mol. The maximum atomic E-state index is 11.5. The second-order valence-electron chi connectivity index (χ2n) is 3.52. The molecule has 1 unspecified atom stereocenters. The summed E-state index contributed by atoms with van der Waals surface area (Å²) in [6, 6.07) is 0. The topological polar surface area (TPSA) is 43.4 Å². The van der Waals surface area contributed by atoms with Crippen LogP contribution in [0.1, 0.15) is 19.3 Å². The first-order chi connectivity index (χ1) is 5.79. The molecule has 0 radical (unpaired) electrons. The Bertz CT molecular complexity index is 218. The fourth-order valence-corrected chi connectivity index (χ4v) is 1.53. The number of rotatable bonds is 2. The van der Waals surface area contributed by atoms with E-state index in [2.05, 4.69) is 0 Å². The van der Waals surface area contributed by atoms with Crippen LogP contribution in [0.3, 0.4) is 0 Å². The van der Waals surface area contributed by atoms with Gasteiger partial charge in [-0.1, -0.05) is 0 Å². The van der Waals surface area contributed by atoms with Crippen LogP contribution in [0.15, 0.2) is 0 Å². The van der Waals surface area contributed by atoms with Gasteiger partial charge < -0.3 is 4.74 Å². The largest absolute Gasteiger partial charge is 0.380 e. The molecule has 2 rings (SSSR count). The molecular weight excluding hydrogens is 156 g/mol. The lowest BCUT2D eigenvalue weighted by Gasteiger charge is -2.19. The van der Waals surface area contributed by atoms with Gasteiger partial charge in [-0.2, -0.15) is 0 Å². The Morgan fingerprint density at radius 1 is 1.42 bits per heavy atom. The molecule has 12 heavy (non-hydrogen) atoms. The Morgan fingerprint density at radius 2 is 2.17 bits per heavy atom. The van der Waals surface area contributed by atoms with E-state index in [1.807, 2.05) is 0 Å². The Balaban J connectivity index is 1.99. The summed E-state index contributed by atoms with van der Waals surface area (Å²) in [5.74, 6) is -0.0373. The van der Waals surface area contributed by atoms with Crippen LogP contribution in [0.5, 0.6) is 0 Å². The first-order valence-corrected chi connectivity index (χ1v) is 4.43. The standard InChI is InChI=1S/C9H12O3/c10-8-3-4-12-5-7(8)9(11)6-1-2-6/h6-7H,1-5H2. The second-order valence-corrected chi connectivity index (χ2v) is 3.52. The van der Waals surface area contributed by atoms with Crippen LogP contribution >= 0.6 is 0 Å². The third-order valence-corrected chi connectivity index (χ3v) is 2.49. The van der Waals surface area contributed by atoms with E-state index < -0.39 is 5.92 Å². The van der Waals surface area contributed by atoms with Gasteiger partial charge in [0.1, 0.15) is 11.6 Å². The van der Waals surface area contributed by atoms with E-state index in [4.69, 9.17) is 4.74 Å². The van der Waals surface area contributed by atoms with Crippen molar-refractivity contribution in [2.45, 2.75) is 19.3 Å². The molecule has 3 heteroatoms. The third-order valence-electron chi connectivity index (χ3n) is 2.49. The highest BCUT2D eigenvalue weighted by Crippen LogP contribution is 2.33. The monoisotopic (exact) mass is 168 g/mol. The van der Waals surface area contributed by atoms with E-state index in [1.54, 1.807) is 0 Å². The van der Waals surface area contributed by atoms with Gasteiger partial charge >= 0.3 is 0 Å². The van der Waals surface area contributed by atoms with Crippen molar-refractivity contribution in [3.8, 4) is 0 Å². The van der Waals surface area contributed by atoms with Crippen molar-refractivity contribution in [1.29, 1.82) is 0 Å². The van der Waals surface area contributed by atoms with E-state index in [9.17, 15) is 9.59 Å². The van der Waals surface area contributed by atoms with E-state index in [0.29, 0.717) is 19.6 Å². The molecular formula is C9H12O3.